The molecule has 1 unspecified atom stereocenters. The van der Waals surface area contributed by atoms with Crippen LogP contribution in [0.4, 0.5) is 5.69 Å². The molecule has 1 atom stereocenters. The van der Waals surface area contributed by atoms with Gasteiger partial charge in [0.1, 0.15) is 11.2 Å². The molecule has 2 rings (SSSR count). The first-order valence-corrected chi connectivity index (χ1v) is 4.18. The average molecular weight is 199 g/mol. The third kappa shape index (κ3) is 1.45. The van der Waals surface area contributed by atoms with Crippen LogP contribution in [0.25, 0.3) is 0 Å². The SMILES string of the molecule is O=C(O)C1Cc2cnc(Cl)cc2N1. The van der Waals surface area contributed by atoms with Crippen molar-refractivity contribution in [2.45, 2.75) is 12.5 Å². The number of fused-ring (bicyclic) bond motifs is 1. The smallest absolute Gasteiger partial charge is 0.326 e. The van der Waals surface area contributed by atoms with Crippen molar-refractivity contribution in [2.24, 2.45) is 0 Å². The highest BCUT2D eigenvalue weighted by Crippen LogP contribution is 2.26. The molecule has 1 aromatic heterocycles. The van der Waals surface area contributed by atoms with Crippen LogP contribution in [0.1, 0.15) is 5.56 Å². The quantitative estimate of drug-likeness (QED) is 0.665. The minimum atomic E-state index is -0.854. The van der Waals surface area contributed by atoms with Crippen LogP contribution < -0.4 is 5.32 Å². The molecule has 0 radical (unpaired) electrons. The zero-order valence-corrected chi connectivity index (χ0v) is 7.38. The summed E-state index contributed by atoms with van der Waals surface area (Å²) in [5, 5.41) is 12.0. The maximum Gasteiger partial charge on any atom is 0.326 e. The molecule has 4 nitrogen and oxygen atoms in total. The van der Waals surface area contributed by atoms with Crippen LogP contribution >= 0.6 is 11.6 Å². The Morgan fingerprint density at radius 1 is 1.77 bits per heavy atom. The number of hydrogen-bond donors (Lipinski definition) is 2. The number of carbonyl (C=O) groups is 1. The van der Waals surface area contributed by atoms with Gasteiger partial charge in [0.25, 0.3) is 0 Å². The van der Waals surface area contributed by atoms with E-state index in [0.717, 1.165) is 11.3 Å². The van der Waals surface area contributed by atoms with Crippen LogP contribution in [0.3, 0.4) is 0 Å². The Hall–Kier alpha value is -1.29. The predicted octanol–water partition coefficient (Wildman–Crippen LogP) is 1.16. The summed E-state index contributed by atoms with van der Waals surface area (Å²) in [5.41, 5.74) is 1.67. The predicted molar refractivity (Wildman–Crippen MR) is 48.0 cm³/mol. The van der Waals surface area contributed by atoms with Crippen LogP contribution in [0.2, 0.25) is 5.15 Å². The van der Waals surface area contributed by atoms with E-state index >= 15 is 0 Å². The number of aromatic nitrogens is 1. The fourth-order valence-electron chi connectivity index (χ4n) is 1.36. The number of pyridine rings is 1. The lowest BCUT2D eigenvalue weighted by molar-refractivity contribution is -0.137. The van der Waals surface area contributed by atoms with Crippen LogP contribution in [-0.2, 0) is 11.2 Å². The molecule has 0 amide bonds. The summed E-state index contributed by atoms with van der Waals surface area (Å²) >= 11 is 5.65. The van der Waals surface area contributed by atoms with Gasteiger partial charge in [0.15, 0.2) is 0 Å². The summed E-state index contributed by atoms with van der Waals surface area (Å²) in [6.07, 6.45) is 2.07. The van der Waals surface area contributed by atoms with Crippen molar-refractivity contribution in [1.82, 2.24) is 4.98 Å². The van der Waals surface area contributed by atoms with Gasteiger partial charge in [0, 0.05) is 18.3 Å². The fourth-order valence-corrected chi connectivity index (χ4v) is 1.52. The van der Waals surface area contributed by atoms with E-state index < -0.39 is 12.0 Å². The molecule has 1 aliphatic rings. The molecule has 0 fully saturated rings. The third-order valence-corrected chi connectivity index (χ3v) is 2.21. The Balaban J connectivity index is 2.30. The van der Waals surface area contributed by atoms with Crippen molar-refractivity contribution in [1.29, 1.82) is 0 Å². The molecule has 68 valence electrons. The Bertz CT molecular complexity index is 367. The highest BCUT2D eigenvalue weighted by Gasteiger charge is 2.26. The van der Waals surface area contributed by atoms with Gasteiger partial charge in [-0.3, -0.25) is 0 Å². The van der Waals surface area contributed by atoms with E-state index in [4.69, 9.17) is 16.7 Å². The van der Waals surface area contributed by atoms with E-state index in [1.807, 2.05) is 0 Å². The lowest BCUT2D eigenvalue weighted by Gasteiger charge is -2.03. The number of rotatable bonds is 1. The van der Waals surface area contributed by atoms with E-state index in [1.165, 1.54) is 0 Å². The van der Waals surface area contributed by atoms with Crippen LogP contribution in [0.15, 0.2) is 12.3 Å². The summed E-state index contributed by atoms with van der Waals surface area (Å²) in [5.74, 6) is -0.854. The minimum absolute atomic E-state index is 0.372. The lowest BCUT2D eigenvalue weighted by atomic mass is 10.1. The van der Waals surface area contributed by atoms with Gasteiger partial charge in [-0.15, -0.1) is 0 Å². The first-order chi connectivity index (χ1) is 6.16. The van der Waals surface area contributed by atoms with Crippen molar-refractivity contribution < 1.29 is 9.90 Å². The maximum atomic E-state index is 10.6. The monoisotopic (exact) mass is 198 g/mol. The molecule has 0 spiro atoms. The molecular formula is C8H7ClN2O2. The number of anilines is 1. The number of nitrogens with one attached hydrogen (secondary N) is 1. The summed E-state index contributed by atoms with van der Waals surface area (Å²) < 4.78 is 0. The molecule has 0 saturated carbocycles. The molecule has 5 heteroatoms. The van der Waals surface area contributed by atoms with Gasteiger partial charge >= 0.3 is 5.97 Å². The van der Waals surface area contributed by atoms with Gasteiger partial charge in [0.05, 0.1) is 0 Å². The Kier molecular flexibility index (Phi) is 1.84. The average Bonchev–Trinajstić information content (AvgIpc) is 2.46. The Labute approximate surface area is 79.5 Å². The van der Waals surface area contributed by atoms with Gasteiger partial charge in [-0.2, -0.15) is 0 Å². The summed E-state index contributed by atoms with van der Waals surface area (Å²) in [7, 11) is 0. The van der Waals surface area contributed by atoms with Crippen molar-refractivity contribution in [2.75, 3.05) is 5.32 Å². The first kappa shape index (κ1) is 8.31. The summed E-state index contributed by atoms with van der Waals surface area (Å²) in [6.45, 7) is 0. The molecule has 1 aliphatic heterocycles. The molecule has 2 heterocycles. The number of carboxylic acids is 1. The van der Waals surface area contributed by atoms with E-state index in [0.29, 0.717) is 11.6 Å². The van der Waals surface area contributed by atoms with Gasteiger partial charge in [0.2, 0.25) is 0 Å². The zero-order chi connectivity index (χ0) is 9.42. The number of nitrogens with zero attached hydrogens (tertiary/aromatic N) is 1. The standard InChI is InChI=1S/C8H7ClN2O2/c9-7-2-5-4(3-10-7)1-6(11-5)8(12)13/h2-3,6,11H,1H2,(H,12,13). The van der Waals surface area contributed by atoms with Crippen molar-refractivity contribution in [3.63, 3.8) is 0 Å². The zero-order valence-electron chi connectivity index (χ0n) is 6.62. The second-order valence-corrected chi connectivity index (χ2v) is 3.29. The van der Waals surface area contributed by atoms with Crippen molar-refractivity contribution in [3.8, 4) is 0 Å². The second kappa shape index (κ2) is 2.88. The van der Waals surface area contributed by atoms with Crippen molar-refractivity contribution in [3.05, 3.63) is 23.0 Å². The third-order valence-electron chi connectivity index (χ3n) is 2.00. The summed E-state index contributed by atoms with van der Waals surface area (Å²) in [4.78, 5) is 14.5. The van der Waals surface area contributed by atoms with E-state index in [9.17, 15) is 4.79 Å². The number of hydrogen-bond acceptors (Lipinski definition) is 3. The maximum absolute atomic E-state index is 10.6. The summed E-state index contributed by atoms with van der Waals surface area (Å²) in [6, 6.07) is 1.09. The molecule has 0 saturated heterocycles. The van der Waals surface area contributed by atoms with Crippen LogP contribution in [-0.4, -0.2) is 22.1 Å². The van der Waals surface area contributed by atoms with Gasteiger partial charge < -0.3 is 10.4 Å². The second-order valence-electron chi connectivity index (χ2n) is 2.90. The number of carboxylic acid groups (broad SMARTS) is 1. The van der Waals surface area contributed by atoms with E-state index in [1.54, 1.807) is 12.3 Å². The highest BCUT2D eigenvalue weighted by molar-refractivity contribution is 6.29. The normalized spacial score (nSPS) is 19.3. The fraction of sp³-hybridized carbons (Fsp3) is 0.250. The Morgan fingerprint density at radius 3 is 3.23 bits per heavy atom. The molecule has 0 aliphatic carbocycles. The molecular weight excluding hydrogens is 192 g/mol. The molecule has 0 bridgehead atoms. The number of halogens is 1. The largest absolute Gasteiger partial charge is 0.480 e. The lowest BCUT2D eigenvalue weighted by Crippen LogP contribution is -2.26. The number of aliphatic carboxylic acids is 1. The molecule has 13 heavy (non-hydrogen) atoms. The molecule has 2 N–H and O–H groups in total. The van der Waals surface area contributed by atoms with Gasteiger partial charge in [-0.05, 0) is 11.6 Å². The van der Waals surface area contributed by atoms with Crippen LogP contribution in [0, 0.1) is 0 Å². The molecule has 1 aromatic rings. The Morgan fingerprint density at radius 2 is 2.54 bits per heavy atom. The first-order valence-electron chi connectivity index (χ1n) is 3.80. The van der Waals surface area contributed by atoms with E-state index in [-0.39, 0.29) is 0 Å². The van der Waals surface area contributed by atoms with Gasteiger partial charge in [-0.1, -0.05) is 11.6 Å². The van der Waals surface area contributed by atoms with Gasteiger partial charge in [-0.25, -0.2) is 9.78 Å². The highest BCUT2D eigenvalue weighted by atomic mass is 35.5. The van der Waals surface area contributed by atoms with Crippen LogP contribution in [0.5, 0.6) is 0 Å². The van der Waals surface area contributed by atoms with E-state index in [2.05, 4.69) is 10.3 Å². The topological polar surface area (TPSA) is 62.2 Å². The molecule has 0 aromatic carbocycles. The van der Waals surface area contributed by atoms with Crippen molar-refractivity contribution >= 4 is 23.3 Å². The minimum Gasteiger partial charge on any atom is -0.480 e.